The van der Waals surface area contributed by atoms with E-state index in [1.165, 1.54) is 5.56 Å². The number of amides is 1. The van der Waals surface area contributed by atoms with Gasteiger partial charge in [0.1, 0.15) is 5.82 Å². The minimum Gasteiger partial charge on any atom is -0.363 e. The Hall–Kier alpha value is -2.36. The zero-order valence-electron chi connectivity index (χ0n) is 13.8. The fraction of sp³-hybridized carbons (Fsp3) is 0.368. The van der Waals surface area contributed by atoms with Crippen LogP contribution >= 0.6 is 0 Å². The SMILES string of the molecule is CN(C)c1cc(C(=O)N2CCC[C@H](c3ccccc3)C2)ccn1. The van der Waals surface area contributed by atoms with Crippen LogP contribution in [0.25, 0.3) is 0 Å². The van der Waals surface area contributed by atoms with Crippen molar-refractivity contribution >= 4 is 11.7 Å². The first kappa shape index (κ1) is 15.5. The molecule has 0 unspecified atom stereocenters. The molecule has 4 nitrogen and oxygen atoms in total. The molecule has 1 amide bonds. The molecule has 2 aromatic rings. The second-order valence-electron chi connectivity index (χ2n) is 6.30. The van der Waals surface area contributed by atoms with Crippen molar-refractivity contribution in [3.05, 3.63) is 59.8 Å². The van der Waals surface area contributed by atoms with Gasteiger partial charge < -0.3 is 9.80 Å². The lowest BCUT2D eigenvalue weighted by Crippen LogP contribution is -2.39. The van der Waals surface area contributed by atoms with Gasteiger partial charge in [-0.15, -0.1) is 0 Å². The van der Waals surface area contributed by atoms with Crippen molar-refractivity contribution in [1.29, 1.82) is 0 Å². The first-order valence-electron chi connectivity index (χ1n) is 8.13. The van der Waals surface area contributed by atoms with E-state index in [9.17, 15) is 4.79 Å². The van der Waals surface area contributed by atoms with Gasteiger partial charge in [-0.3, -0.25) is 4.79 Å². The van der Waals surface area contributed by atoms with Crippen LogP contribution in [0.3, 0.4) is 0 Å². The molecule has 3 rings (SSSR count). The summed E-state index contributed by atoms with van der Waals surface area (Å²) in [6, 6.07) is 14.2. The molecule has 1 aromatic heterocycles. The molecule has 1 saturated heterocycles. The van der Waals surface area contributed by atoms with Gasteiger partial charge >= 0.3 is 0 Å². The number of anilines is 1. The normalized spacial score (nSPS) is 17.8. The van der Waals surface area contributed by atoms with Crippen molar-refractivity contribution in [3.63, 3.8) is 0 Å². The summed E-state index contributed by atoms with van der Waals surface area (Å²) >= 11 is 0. The van der Waals surface area contributed by atoms with Gasteiger partial charge in [-0.05, 0) is 30.5 Å². The lowest BCUT2D eigenvalue weighted by Gasteiger charge is -2.33. The van der Waals surface area contributed by atoms with Gasteiger partial charge in [0.05, 0.1) is 0 Å². The predicted molar refractivity (Wildman–Crippen MR) is 92.9 cm³/mol. The van der Waals surface area contributed by atoms with Crippen molar-refractivity contribution in [1.82, 2.24) is 9.88 Å². The average molecular weight is 309 g/mol. The van der Waals surface area contributed by atoms with Crippen molar-refractivity contribution in [2.24, 2.45) is 0 Å². The van der Waals surface area contributed by atoms with Crippen LogP contribution in [-0.4, -0.2) is 43.0 Å². The molecule has 0 radical (unpaired) electrons. The third kappa shape index (κ3) is 3.52. The number of nitrogens with zero attached hydrogens (tertiary/aromatic N) is 3. The Kier molecular flexibility index (Phi) is 4.60. The van der Waals surface area contributed by atoms with Crippen LogP contribution in [0.15, 0.2) is 48.7 Å². The van der Waals surface area contributed by atoms with Crippen molar-refractivity contribution < 1.29 is 4.79 Å². The van der Waals surface area contributed by atoms with Gasteiger partial charge in [-0.25, -0.2) is 4.98 Å². The molecule has 1 aliphatic heterocycles. The Labute approximate surface area is 137 Å². The number of carbonyl (C=O) groups excluding carboxylic acids is 1. The van der Waals surface area contributed by atoms with E-state index in [4.69, 9.17) is 0 Å². The van der Waals surface area contributed by atoms with Crippen LogP contribution < -0.4 is 4.90 Å². The monoisotopic (exact) mass is 309 g/mol. The Morgan fingerprint density at radius 3 is 2.74 bits per heavy atom. The highest BCUT2D eigenvalue weighted by Crippen LogP contribution is 2.27. The minimum absolute atomic E-state index is 0.108. The fourth-order valence-electron chi connectivity index (χ4n) is 3.14. The summed E-state index contributed by atoms with van der Waals surface area (Å²) in [7, 11) is 3.87. The van der Waals surface area contributed by atoms with E-state index < -0.39 is 0 Å². The zero-order valence-corrected chi connectivity index (χ0v) is 13.8. The Bertz CT molecular complexity index is 669. The maximum Gasteiger partial charge on any atom is 0.254 e. The standard InChI is InChI=1S/C19H23N3O/c1-21(2)18-13-16(10-11-20-18)19(23)22-12-6-9-17(14-22)15-7-4-3-5-8-15/h3-5,7-8,10-11,13,17H,6,9,12,14H2,1-2H3/t17-/m0/s1. The number of carbonyl (C=O) groups is 1. The van der Waals surface area contributed by atoms with Crippen LogP contribution in [0.5, 0.6) is 0 Å². The number of hydrogen-bond donors (Lipinski definition) is 0. The Morgan fingerprint density at radius 1 is 1.22 bits per heavy atom. The number of rotatable bonds is 3. The molecule has 1 aromatic carbocycles. The van der Waals surface area contributed by atoms with Crippen LogP contribution in [0.4, 0.5) is 5.82 Å². The highest BCUT2D eigenvalue weighted by atomic mass is 16.2. The van der Waals surface area contributed by atoms with Gasteiger partial charge in [0, 0.05) is 44.9 Å². The number of pyridine rings is 1. The average Bonchev–Trinajstić information content (AvgIpc) is 2.62. The van der Waals surface area contributed by atoms with Gasteiger partial charge in [-0.2, -0.15) is 0 Å². The maximum absolute atomic E-state index is 12.8. The molecule has 0 N–H and O–H groups in total. The third-order valence-corrected chi connectivity index (χ3v) is 4.43. The number of likely N-dealkylation sites (tertiary alicyclic amines) is 1. The van der Waals surface area contributed by atoms with E-state index in [-0.39, 0.29) is 5.91 Å². The lowest BCUT2D eigenvalue weighted by atomic mass is 9.90. The van der Waals surface area contributed by atoms with Gasteiger partial charge in [0.25, 0.3) is 5.91 Å². The van der Waals surface area contributed by atoms with E-state index in [1.54, 1.807) is 6.20 Å². The first-order valence-corrected chi connectivity index (χ1v) is 8.13. The van der Waals surface area contributed by atoms with Crippen molar-refractivity contribution in [2.45, 2.75) is 18.8 Å². The number of benzene rings is 1. The summed E-state index contributed by atoms with van der Waals surface area (Å²) in [5, 5.41) is 0. The largest absolute Gasteiger partial charge is 0.363 e. The molecule has 0 bridgehead atoms. The molecule has 0 aliphatic carbocycles. The van der Waals surface area contributed by atoms with E-state index >= 15 is 0 Å². The molecule has 1 atom stereocenters. The van der Waals surface area contributed by atoms with E-state index in [0.29, 0.717) is 5.92 Å². The van der Waals surface area contributed by atoms with E-state index in [0.717, 1.165) is 37.3 Å². The molecule has 1 aliphatic rings. The summed E-state index contributed by atoms with van der Waals surface area (Å²) in [6.07, 6.45) is 3.91. The number of hydrogen-bond acceptors (Lipinski definition) is 3. The second kappa shape index (κ2) is 6.82. The highest BCUT2D eigenvalue weighted by Gasteiger charge is 2.25. The van der Waals surface area contributed by atoms with Crippen LogP contribution in [0.1, 0.15) is 34.7 Å². The minimum atomic E-state index is 0.108. The Balaban J connectivity index is 1.76. The first-order chi connectivity index (χ1) is 11.1. The van der Waals surface area contributed by atoms with E-state index in [1.807, 2.05) is 42.1 Å². The maximum atomic E-state index is 12.8. The fourth-order valence-corrected chi connectivity index (χ4v) is 3.14. The lowest BCUT2D eigenvalue weighted by molar-refractivity contribution is 0.0707. The number of piperidine rings is 1. The molecule has 4 heteroatoms. The molecule has 1 fully saturated rings. The molecular weight excluding hydrogens is 286 g/mol. The van der Waals surface area contributed by atoms with Gasteiger partial charge in [0.2, 0.25) is 0 Å². The second-order valence-corrected chi connectivity index (χ2v) is 6.30. The molecule has 2 heterocycles. The summed E-state index contributed by atoms with van der Waals surface area (Å²) in [5.74, 6) is 1.35. The topological polar surface area (TPSA) is 36.4 Å². The Morgan fingerprint density at radius 2 is 2.00 bits per heavy atom. The smallest absolute Gasteiger partial charge is 0.254 e. The summed E-state index contributed by atoms with van der Waals surface area (Å²) in [5.41, 5.74) is 2.05. The van der Waals surface area contributed by atoms with Crippen molar-refractivity contribution in [2.75, 3.05) is 32.1 Å². The van der Waals surface area contributed by atoms with Gasteiger partial charge in [0.15, 0.2) is 0 Å². The molecular formula is C19H23N3O. The number of aromatic nitrogens is 1. The predicted octanol–water partition coefficient (Wildman–Crippen LogP) is 3.17. The van der Waals surface area contributed by atoms with Crippen molar-refractivity contribution in [3.8, 4) is 0 Å². The summed E-state index contributed by atoms with van der Waals surface area (Å²) in [6.45, 7) is 1.63. The summed E-state index contributed by atoms with van der Waals surface area (Å²) in [4.78, 5) is 21.0. The zero-order chi connectivity index (χ0) is 16.2. The van der Waals surface area contributed by atoms with Gasteiger partial charge in [-0.1, -0.05) is 30.3 Å². The summed E-state index contributed by atoms with van der Waals surface area (Å²) < 4.78 is 0. The third-order valence-electron chi connectivity index (χ3n) is 4.43. The molecule has 0 saturated carbocycles. The molecule has 0 spiro atoms. The van der Waals surface area contributed by atoms with Crippen LogP contribution in [0.2, 0.25) is 0 Å². The van der Waals surface area contributed by atoms with Crippen LogP contribution in [0, 0.1) is 0 Å². The van der Waals surface area contributed by atoms with E-state index in [2.05, 4.69) is 29.2 Å². The van der Waals surface area contributed by atoms with Crippen LogP contribution in [-0.2, 0) is 0 Å². The highest BCUT2D eigenvalue weighted by molar-refractivity contribution is 5.95. The molecule has 120 valence electrons. The molecule has 23 heavy (non-hydrogen) atoms. The quantitative estimate of drug-likeness (QED) is 0.874.